The second-order valence-electron chi connectivity index (χ2n) is 6.87. The van der Waals surface area contributed by atoms with Gasteiger partial charge in [0.25, 0.3) is 5.91 Å². The van der Waals surface area contributed by atoms with Crippen molar-refractivity contribution in [3.63, 3.8) is 0 Å². The number of halogens is 3. The predicted octanol–water partition coefficient (Wildman–Crippen LogP) is 5.40. The smallest absolute Gasteiger partial charge is 0.267 e. The van der Waals surface area contributed by atoms with Crippen LogP contribution in [0.25, 0.3) is 11.1 Å². The van der Waals surface area contributed by atoms with Crippen LogP contribution in [0.5, 0.6) is 11.6 Å². The number of aromatic nitrogens is 1. The number of carbonyl (C=O) groups excluding carboxylic acids is 1. The highest BCUT2D eigenvalue weighted by atomic mass is 79.9. The van der Waals surface area contributed by atoms with Gasteiger partial charge in [-0.15, -0.1) is 0 Å². The SMILES string of the molecule is Cc1cc(Br)ccc1Oc1ncc(-c2cc(F)c(C(=O)NS(C)(=O)=O)cc2C)cc1Cl. The van der Waals surface area contributed by atoms with Crippen LogP contribution in [0.3, 0.4) is 0 Å². The molecule has 1 amide bonds. The Morgan fingerprint density at radius 3 is 2.48 bits per heavy atom. The summed E-state index contributed by atoms with van der Waals surface area (Å²) in [5.41, 5.74) is 2.01. The van der Waals surface area contributed by atoms with Crippen LogP contribution in [-0.4, -0.2) is 25.6 Å². The number of hydrogen-bond donors (Lipinski definition) is 1. The van der Waals surface area contributed by atoms with E-state index in [-0.39, 0.29) is 16.5 Å². The van der Waals surface area contributed by atoms with Gasteiger partial charge >= 0.3 is 0 Å². The van der Waals surface area contributed by atoms with Crippen molar-refractivity contribution in [3.8, 4) is 22.8 Å². The van der Waals surface area contributed by atoms with Crippen molar-refractivity contribution >= 4 is 43.5 Å². The van der Waals surface area contributed by atoms with Crippen molar-refractivity contribution in [3.05, 3.63) is 74.6 Å². The minimum atomic E-state index is -3.82. The highest BCUT2D eigenvalue weighted by Gasteiger charge is 2.19. The average Bonchev–Trinajstić information content (AvgIpc) is 2.65. The maximum absolute atomic E-state index is 14.5. The van der Waals surface area contributed by atoms with Crippen LogP contribution in [-0.2, 0) is 10.0 Å². The minimum absolute atomic E-state index is 0.193. The van der Waals surface area contributed by atoms with Crippen LogP contribution in [0.15, 0.2) is 47.1 Å². The molecule has 0 unspecified atom stereocenters. The lowest BCUT2D eigenvalue weighted by molar-refractivity contribution is 0.0977. The lowest BCUT2D eigenvalue weighted by atomic mass is 9.99. The van der Waals surface area contributed by atoms with E-state index in [2.05, 4.69) is 20.9 Å². The van der Waals surface area contributed by atoms with Crippen LogP contribution in [0.1, 0.15) is 21.5 Å². The molecule has 3 aromatic rings. The Morgan fingerprint density at radius 2 is 1.87 bits per heavy atom. The molecule has 1 heterocycles. The number of amides is 1. The molecule has 1 N–H and O–H groups in total. The number of aryl methyl sites for hydroxylation is 2. The molecule has 6 nitrogen and oxygen atoms in total. The number of pyridine rings is 1. The van der Waals surface area contributed by atoms with E-state index in [1.165, 1.54) is 12.3 Å². The third kappa shape index (κ3) is 5.61. The first-order valence-electron chi connectivity index (χ1n) is 8.87. The summed E-state index contributed by atoms with van der Waals surface area (Å²) in [4.78, 5) is 16.3. The van der Waals surface area contributed by atoms with Crippen LogP contribution in [0, 0.1) is 19.7 Å². The summed E-state index contributed by atoms with van der Waals surface area (Å²) in [7, 11) is -3.82. The zero-order valence-corrected chi connectivity index (χ0v) is 19.8. The number of rotatable bonds is 5. The highest BCUT2D eigenvalue weighted by Crippen LogP contribution is 2.34. The number of hydrogen-bond acceptors (Lipinski definition) is 5. The number of nitrogens with one attached hydrogen (secondary N) is 1. The second kappa shape index (κ2) is 8.94. The van der Waals surface area contributed by atoms with Gasteiger partial charge in [0.05, 0.1) is 11.8 Å². The van der Waals surface area contributed by atoms with Gasteiger partial charge in [0.2, 0.25) is 15.9 Å². The number of nitrogens with zero attached hydrogens (tertiary/aromatic N) is 1. The van der Waals surface area contributed by atoms with Gasteiger partial charge in [0.1, 0.15) is 16.6 Å². The first-order chi connectivity index (χ1) is 14.4. The van der Waals surface area contributed by atoms with Crippen molar-refractivity contribution in [1.29, 1.82) is 0 Å². The maximum Gasteiger partial charge on any atom is 0.267 e. The van der Waals surface area contributed by atoms with Gasteiger partial charge in [-0.2, -0.15) is 0 Å². The standard InChI is InChI=1S/C21H17BrClFN2O4S/c1-11-7-16(20(27)26-31(3,28)29)18(24)9-15(11)13-8-17(23)21(25-10-13)30-19-5-4-14(22)6-12(19)2/h4-10H,1-3H3,(H,26,27). The Labute approximate surface area is 192 Å². The maximum atomic E-state index is 14.5. The molecule has 0 aliphatic heterocycles. The molecular weight excluding hydrogens is 511 g/mol. The third-order valence-electron chi connectivity index (χ3n) is 4.30. The lowest BCUT2D eigenvalue weighted by Gasteiger charge is -2.13. The molecular formula is C21H17BrClFN2O4S. The molecule has 0 saturated carbocycles. The molecule has 31 heavy (non-hydrogen) atoms. The molecule has 10 heteroatoms. The summed E-state index contributed by atoms with van der Waals surface area (Å²) in [5.74, 6) is -1.13. The van der Waals surface area contributed by atoms with Gasteiger partial charge < -0.3 is 4.74 Å². The van der Waals surface area contributed by atoms with Crippen molar-refractivity contribution in [2.75, 3.05) is 6.26 Å². The van der Waals surface area contributed by atoms with E-state index < -0.39 is 21.7 Å². The Morgan fingerprint density at radius 1 is 1.16 bits per heavy atom. The lowest BCUT2D eigenvalue weighted by Crippen LogP contribution is -2.30. The monoisotopic (exact) mass is 526 g/mol. The van der Waals surface area contributed by atoms with Gasteiger partial charge in [-0.3, -0.25) is 4.79 Å². The van der Waals surface area contributed by atoms with Gasteiger partial charge in [-0.05, 0) is 66.9 Å². The van der Waals surface area contributed by atoms with Gasteiger partial charge in [-0.25, -0.2) is 22.5 Å². The summed E-state index contributed by atoms with van der Waals surface area (Å²) >= 11 is 9.73. The molecule has 162 valence electrons. The molecule has 1 aromatic heterocycles. The molecule has 2 aromatic carbocycles. The topological polar surface area (TPSA) is 85.4 Å². The Bertz CT molecular complexity index is 1300. The largest absolute Gasteiger partial charge is 0.437 e. The van der Waals surface area contributed by atoms with E-state index in [0.717, 1.165) is 22.4 Å². The Hall–Kier alpha value is -2.49. The molecule has 0 atom stereocenters. The third-order valence-corrected chi connectivity index (χ3v) is 5.62. The fraction of sp³-hybridized carbons (Fsp3) is 0.143. The Balaban J connectivity index is 1.92. The summed E-state index contributed by atoms with van der Waals surface area (Å²) in [6.07, 6.45) is 2.30. The molecule has 0 saturated heterocycles. The number of ether oxygens (including phenoxy) is 1. The molecule has 0 bridgehead atoms. The van der Waals surface area contributed by atoms with E-state index in [9.17, 15) is 17.6 Å². The van der Waals surface area contributed by atoms with Crippen molar-refractivity contribution < 1.29 is 22.3 Å². The molecule has 0 spiro atoms. The summed E-state index contributed by atoms with van der Waals surface area (Å²) in [5, 5.41) is 0.221. The first-order valence-corrected chi connectivity index (χ1v) is 11.9. The van der Waals surface area contributed by atoms with Crippen LogP contribution in [0.4, 0.5) is 4.39 Å². The van der Waals surface area contributed by atoms with Crippen LogP contribution >= 0.6 is 27.5 Å². The predicted molar refractivity (Wildman–Crippen MR) is 121 cm³/mol. The number of benzene rings is 2. The van der Waals surface area contributed by atoms with Gasteiger partial charge in [0, 0.05) is 16.2 Å². The van der Waals surface area contributed by atoms with E-state index in [4.69, 9.17) is 16.3 Å². The zero-order chi connectivity index (χ0) is 22.9. The fourth-order valence-electron chi connectivity index (χ4n) is 2.87. The van der Waals surface area contributed by atoms with E-state index >= 15 is 0 Å². The Kier molecular flexibility index (Phi) is 6.68. The van der Waals surface area contributed by atoms with Crippen LogP contribution < -0.4 is 9.46 Å². The van der Waals surface area contributed by atoms with E-state index in [0.29, 0.717) is 22.4 Å². The zero-order valence-electron chi connectivity index (χ0n) is 16.7. The number of carbonyl (C=O) groups is 1. The number of sulfonamides is 1. The minimum Gasteiger partial charge on any atom is -0.437 e. The second-order valence-corrected chi connectivity index (χ2v) is 9.94. The highest BCUT2D eigenvalue weighted by molar-refractivity contribution is 9.10. The summed E-state index contributed by atoms with van der Waals surface area (Å²) < 4.78 is 45.5. The molecule has 0 radical (unpaired) electrons. The molecule has 3 rings (SSSR count). The summed E-state index contributed by atoms with van der Waals surface area (Å²) in [6.45, 7) is 3.55. The molecule has 0 aliphatic rings. The van der Waals surface area contributed by atoms with Gasteiger partial charge in [-0.1, -0.05) is 27.5 Å². The van der Waals surface area contributed by atoms with Crippen LogP contribution in [0.2, 0.25) is 5.02 Å². The normalized spacial score (nSPS) is 11.3. The average molecular weight is 528 g/mol. The van der Waals surface area contributed by atoms with E-state index in [1.54, 1.807) is 23.8 Å². The fourth-order valence-corrected chi connectivity index (χ4v) is 4.00. The van der Waals surface area contributed by atoms with E-state index in [1.807, 2.05) is 19.1 Å². The molecule has 0 fully saturated rings. The van der Waals surface area contributed by atoms with Crippen molar-refractivity contribution in [2.24, 2.45) is 0 Å². The van der Waals surface area contributed by atoms with Crippen molar-refractivity contribution in [1.82, 2.24) is 9.71 Å². The summed E-state index contributed by atoms with van der Waals surface area (Å²) in [6, 6.07) is 9.50. The van der Waals surface area contributed by atoms with Gasteiger partial charge in [0.15, 0.2) is 0 Å². The molecule has 0 aliphatic carbocycles. The first kappa shape index (κ1) is 23.2. The quantitative estimate of drug-likeness (QED) is 0.480. The van der Waals surface area contributed by atoms with Crippen molar-refractivity contribution in [2.45, 2.75) is 13.8 Å².